The Kier molecular flexibility index (Phi) is 11.1. The van der Waals surface area contributed by atoms with Crippen LogP contribution in [0, 0.1) is 6.92 Å². The van der Waals surface area contributed by atoms with Crippen LogP contribution in [0.15, 0.2) is 77.7 Å². The number of hydrogen-bond acceptors (Lipinski definition) is 5. The predicted octanol–water partition coefficient (Wildman–Crippen LogP) is 6.11. The molecule has 4 rings (SSSR count). The van der Waals surface area contributed by atoms with E-state index in [4.69, 9.17) is 16.3 Å². The third-order valence-corrected chi connectivity index (χ3v) is 9.75. The Bertz CT molecular complexity index is 1470. The molecular formula is C33H40ClN3O5S. The lowest BCUT2D eigenvalue weighted by atomic mass is 9.95. The molecule has 0 spiro atoms. The van der Waals surface area contributed by atoms with Gasteiger partial charge in [0.15, 0.2) is 0 Å². The number of aryl methyl sites for hydroxylation is 1. The van der Waals surface area contributed by atoms with Gasteiger partial charge < -0.3 is 15.0 Å². The van der Waals surface area contributed by atoms with E-state index in [9.17, 15) is 18.0 Å². The van der Waals surface area contributed by atoms with E-state index in [-0.39, 0.29) is 23.4 Å². The summed E-state index contributed by atoms with van der Waals surface area (Å²) in [5.74, 6) is -0.215. The van der Waals surface area contributed by atoms with E-state index in [0.717, 1.165) is 47.5 Å². The first-order valence-electron chi connectivity index (χ1n) is 14.7. The van der Waals surface area contributed by atoms with E-state index in [1.54, 1.807) is 67.6 Å². The second-order valence-electron chi connectivity index (χ2n) is 10.9. The van der Waals surface area contributed by atoms with Crippen LogP contribution in [0.5, 0.6) is 5.75 Å². The highest BCUT2D eigenvalue weighted by atomic mass is 35.5. The van der Waals surface area contributed by atoms with Gasteiger partial charge in [-0.1, -0.05) is 60.7 Å². The Labute approximate surface area is 260 Å². The number of anilines is 1. The number of rotatable bonds is 12. The van der Waals surface area contributed by atoms with Gasteiger partial charge in [0.2, 0.25) is 11.8 Å². The van der Waals surface area contributed by atoms with Crippen molar-refractivity contribution in [2.45, 2.75) is 76.4 Å². The van der Waals surface area contributed by atoms with Crippen LogP contribution in [0.2, 0.25) is 5.02 Å². The Morgan fingerprint density at radius 1 is 0.953 bits per heavy atom. The Morgan fingerprint density at radius 2 is 1.58 bits per heavy atom. The summed E-state index contributed by atoms with van der Waals surface area (Å²) in [5.41, 5.74) is 2.07. The van der Waals surface area contributed by atoms with Crippen LogP contribution in [0.4, 0.5) is 5.69 Å². The maximum Gasteiger partial charge on any atom is 0.264 e. The number of nitrogens with zero attached hydrogens (tertiary/aromatic N) is 2. The molecule has 0 saturated heterocycles. The van der Waals surface area contributed by atoms with Gasteiger partial charge in [-0.25, -0.2) is 8.42 Å². The van der Waals surface area contributed by atoms with Gasteiger partial charge in [-0.2, -0.15) is 0 Å². The maximum atomic E-state index is 14.1. The van der Waals surface area contributed by atoms with Crippen molar-refractivity contribution in [1.29, 1.82) is 0 Å². The molecule has 0 radical (unpaired) electrons. The molecule has 0 aromatic heterocycles. The molecule has 0 heterocycles. The molecule has 3 aromatic rings. The number of benzene rings is 3. The molecule has 43 heavy (non-hydrogen) atoms. The van der Waals surface area contributed by atoms with Gasteiger partial charge in [-0.15, -0.1) is 0 Å². The molecule has 8 nitrogen and oxygen atoms in total. The van der Waals surface area contributed by atoms with E-state index >= 15 is 0 Å². The summed E-state index contributed by atoms with van der Waals surface area (Å²) in [4.78, 5) is 29.0. The second-order valence-corrected chi connectivity index (χ2v) is 13.2. The predicted molar refractivity (Wildman–Crippen MR) is 170 cm³/mol. The number of sulfonamides is 1. The van der Waals surface area contributed by atoms with Crippen LogP contribution in [-0.2, 0) is 26.2 Å². The molecule has 10 heteroatoms. The van der Waals surface area contributed by atoms with Crippen molar-refractivity contribution < 1.29 is 22.7 Å². The van der Waals surface area contributed by atoms with E-state index in [0.29, 0.717) is 23.1 Å². The van der Waals surface area contributed by atoms with Crippen molar-refractivity contribution in [3.8, 4) is 5.75 Å². The number of ether oxygens (including phenoxy) is 1. The molecule has 2 amide bonds. The van der Waals surface area contributed by atoms with Gasteiger partial charge in [0.25, 0.3) is 10.0 Å². The largest absolute Gasteiger partial charge is 0.494 e. The zero-order valence-corrected chi connectivity index (χ0v) is 26.5. The normalized spacial score (nSPS) is 14.5. The van der Waals surface area contributed by atoms with Gasteiger partial charge in [-0.05, 0) is 87.7 Å². The number of amides is 2. The van der Waals surface area contributed by atoms with Crippen LogP contribution < -0.4 is 14.4 Å². The summed E-state index contributed by atoms with van der Waals surface area (Å²) in [5, 5.41) is 3.67. The third kappa shape index (κ3) is 8.51. The number of carbonyl (C=O) groups excluding carboxylic acids is 2. The standard InChI is InChI=1S/C33H40ClN3O5S/c1-4-42-30-18-20-31(21-19-30)43(40,41)37(29-16-10-24(2)11-17-29)23-32(38)36(22-26-12-14-27(34)15-13-26)25(3)33(39)35-28-8-6-5-7-9-28/h10-21,25,28H,4-9,22-23H2,1-3H3,(H,35,39). The van der Waals surface area contributed by atoms with Crippen LogP contribution >= 0.6 is 11.6 Å². The van der Waals surface area contributed by atoms with Crippen LogP contribution in [0.3, 0.4) is 0 Å². The van der Waals surface area contributed by atoms with Crippen molar-refractivity contribution >= 4 is 39.1 Å². The molecule has 1 unspecified atom stereocenters. The zero-order chi connectivity index (χ0) is 31.0. The number of halogens is 1. The number of hydrogen-bond donors (Lipinski definition) is 1. The van der Waals surface area contributed by atoms with Gasteiger partial charge in [0, 0.05) is 17.6 Å². The molecule has 1 atom stereocenters. The fourth-order valence-electron chi connectivity index (χ4n) is 5.18. The SMILES string of the molecule is CCOc1ccc(S(=O)(=O)N(CC(=O)N(Cc2ccc(Cl)cc2)C(C)C(=O)NC2CCCCC2)c2ccc(C)cc2)cc1. The van der Waals surface area contributed by atoms with Gasteiger partial charge >= 0.3 is 0 Å². The van der Waals surface area contributed by atoms with E-state index < -0.39 is 28.5 Å². The smallest absolute Gasteiger partial charge is 0.264 e. The minimum absolute atomic E-state index is 0.0247. The lowest BCUT2D eigenvalue weighted by molar-refractivity contribution is -0.139. The molecule has 1 N–H and O–H groups in total. The average molecular weight is 626 g/mol. The lowest BCUT2D eigenvalue weighted by Crippen LogP contribution is -2.53. The first kappa shape index (κ1) is 32.4. The van der Waals surface area contributed by atoms with Crippen molar-refractivity contribution in [3.63, 3.8) is 0 Å². The van der Waals surface area contributed by atoms with Gasteiger partial charge in [-0.3, -0.25) is 13.9 Å². The fourth-order valence-corrected chi connectivity index (χ4v) is 6.72. The quantitative estimate of drug-likeness (QED) is 0.262. The molecular weight excluding hydrogens is 586 g/mol. The minimum Gasteiger partial charge on any atom is -0.494 e. The summed E-state index contributed by atoms with van der Waals surface area (Å²) in [6.45, 7) is 5.50. The number of nitrogens with one attached hydrogen (secondary N) is 1. The first-order chi connectivity index (χ1) is 20.6. The topological polar surface area (TPSA) is 96.0 Å². The Balaban J connectivity index is 1.66. The molecule has 1 aliphatic rings. The van der Waals surface area contributed by atoms with Gasteiger partial charge in [0.1, 0.15) is 18.3 Å². The zero-order valence-electron chi connectivity index (χ0n) is 25.0. The highest BCUT2D eigenvalue weighted by Gasteiger charge is 2.33. The van der Waals surface area contributed by atoms with Gasteiger partial charge in [0.05, 0.1) is 17.2 Å². The van der Waals surface area contributed by atoms with Crippen molar-refractivity contribution in [1.82, 2.24) is 10.2 Å². The molecule has 0 bridgehead atoms. The van der Waals surface area contributed by atoms with E-state index in [1.165, 1.54) is 17.0 Å². The van der Waals surface area contributed by atoms with Crippen molar-refractivity contribution in [2.75, 3.05) is 17.5 Å². The summed E-state index contributed by atoms with van der Waals surface area (Å²) >= 11 is 6.09. The monoisotopic (exact) mass is 625 g/mol. The van der Waals surface area contributed by atoms with Crippen LogP contribution in [-0.4, -0.2) is 50.4 Å². The summed E-state index contributed by atoms with van der Waals surface area (Å²) in [6, 6.07) is 19.3. The first-order valence-corrected chi connectivity index (χ1v) is 16.6. The number of carbonyl (C=O) groups is 2. The molecule has 0 aliphatic heterocycles. The second kappa shape index (κ2) is 14.8. The fraction of sp³-hybridized carbons (Fsp3) is 0.394. The molecule has 230 valence electrons. The highest BCUT2D eigenvalue weighted by molar-refractivity contribution is 7.92. The minimum atomic E-state index is -4.16. The molecule has 1 aliphatic carbocycles. The van der Waals surface area contributed by atoms with E-state index in [2.05, 4.69) is 5.32 Å². The molecule has 1 saturated carbocycles. The van der Waals surface area contributed by atoms with Crippen molar-refractivity contribution in [3.05, 3.63) is 88.9 Å². The van der Waals surface area contributed by atoms with Crippen LogP contribution in [0.25, 0.3) is 0 Å². The summed E-state index contributed by atoms with van der Waals surface area (Å²) in [7, 11) is -4.16. The Hall–Kier alpha value is -3.56. The summed E-state index contributed by atoms with van der Waals surface area (Å²) in [6.07, 6.45) is 5.08. The van der Waals surface area contributed by atoms with Crippen molar-refractivity contribution in [2.24, 2.45) is 0 Å². The molecule has 3 aromatic carbocycles. The summed E-state index contributed by atoms with van der Waals surface area (Å²) < 4.78 is 34.6. The van der Waals surface area contributed by atoms with Crippen LogP contribution in [0.1, 0.15) is 57.1 Å². The van der Waals surface area contributed by atoms with E-state index in [1.807, 2.05) is 13.8 Å². The lowest BCUT2D eigenvalue weighted by Gasteiger charge is -2.33. The maximum absolute atomic E-state index is 14.1. The highest BCUT2D eigenvalue weighted by Crippen LogP contribution is 2.27. The Morgan fingerprint density at radius 3 is 2.19 bits per heavy atom. The third-order valence-electron chi connectivity index (χ3n) is 7.71. The average Bonchev–Trinajstić information content (AvgIpc) is 3.00. The molecule has 1 fully saturated rings.